The van der Waals surface area contributed by atoms with E-state index in [-0.39, 0.29) is 24.5 Å². The number of amides is 3. The summed E-state index contributed by atoms with van der Waals surface area (Å²) < 4.78 is 10.2. The first-order valence-electron chi connectivity index (χ1n) is 8.02. The van der Waals surface area contributed by atoms with Crippen LogP contribution in [-0.4, -0.2) is 37.7 Å². The number of hydrogen-bond donors (Lipinski definition) is 2. The largest absolute Gasteiger partial charge is 0.482 e. The Bertz CT molecular complexity index is 894. The van der Waals surface area contributed by atoms with Gasteiger partial charge in [-0.15, -0.1) is 0 Å². The molecule has 0 saturated carbocycles. The number of ether oxygens (including phenoxy) is 2. The molecule has 1 fully saturated rings. The Morgan fingerprint density at radius 3 is 2.62 bits per heavy atom. The predicted octanol–water partition coefficient (Wildman–Crippen LogP) is 2.23. The maximum absolute atomic E-state index is 12.4. The third-order valence-electron chi connectivity index (χ3n) is 4.07. The van der Waals surface area contributed by atoms with E-state index in [4.69, 9.17) is 9.47 Å². The molecule has 4 rings (SSSR count). The summed E-state index contributed by atoms with van der Waals surface area (Å²) in [5.74, 6) is -0.0709. The van der Waals surface area contributed by atoms with Crippen molar-refractivity contribution < 1.29 is 23.9 Å². The van der Waals surface area contributed by atoms with Gasteiger partial charge in [0.25, 0.3) is 11.8 Å². The number of carbonyl (C=O) groups is 3. The van der Waals surface area contributed by atoms with Crippen LogP contribution in [0.4, 0.5) is 21.9 Å². The van der Waals surface area contributed by atoms with Gasteiger partial charge in [-0.1, -0.05) is 0 Å². The zero-order valence-corrected chi connectivity index (χ0v) is 13.7. The van der Waals surface area contributed by atoms with E-state index in [1.165, 1.54) is 4.90 Å². The molecule has 2 N–H and O–H groups in total. The zero-order valence-electron chi connectivity index (χ0n) is 13.7. The van der Waals surface area contributed by atoms with Gasteiger partial charge in [-0.25, -0.2) is 4.79 Å². The molecule has 26 heavy (non-hydrogen) atoms. The maximum atomic E-state index is 12.4. The van der Waals surface area contributed by atoms with Gasteiger partial charge in [-0.05, 0) is 42.5 Å². The zero-order chi connectivity index (χ0) is 18.1. The molecule has 0 atom stereocenters. The van der Waals surface area contributed by atoms with Gasteiger partial charge < -0.3 is 20.1 Å². The first kappa shape index (κ1) is 15.9. The van der Waals surface area contributed by atoms with Gasteiger partial charge in [0.05, 0.1) is 12.2 Å². The van der Waals surface area contributed by atoms with Gasteiger partial charge in [0.1, 0.15) is 12.4 Å². The summed E-state index contributed by atoms with van der Waals surface area (Å²) in [5, 5.41) is 5.46. The number of nitrogens with zero attached hydrogens (tertiary/aromatic N) is 1. The number of fused-ring (bicyclic) bond motifs is 1. The molecule has 8 heteroatoms. The SMILES string of the molecule is O=C1COc2cc(C(=O)Nc3ccc(N4CCOC4=O)cc3)ccc2N1. The third-order valence-corrected chi connectivity index (χ3v) is 4.07. The second kappa shape index (κ2) is 6.40. The minimum absolute atomic E-state index is 0.0710. The standard InChI is InChI=1S/C18H15N3O5/c22-16-10-26-15-9-11(1-6-14(15)20-16)17(23)19-12-2-4-13(5-3-12)21-7-8-25-18(21)24/h1-6,9H,7-8,10H2,(H,19,23)(H,20,22). The highest BCUT2D eigenvalue weighted by Crippen LogP contribution is 2.29. The van der Waals surface area contributed by atoms with Crippen LogP contribution in [0.3, 0.4) is 0 Å². The fourth-order valence-corrected chi connectivity index (χ4v) is 2.77. The average Bonchev–Trinajstić information content (AvgIpc) is 3.08. The highest BCUT2D eigenvalue weighted by molar-refractivity contribution is 6.05. The van der Waals surface area contributed by atoms with Crippen molar-refractivity contribution in [2.24, 2.45) is 0 Å². The van der Waals surface area contributed by atoms with Crippen LogP contribution in [0.1, 0.15) is 10.4 Å². The molecule has 8 nitrogen and oxygen atoms in total. The van der Waals surface area contributed by atoms with E-state index in [2.05, 4.69) is 10.6 Å². The molecule has 2 aliphatic rings. The summed E-state index contributed by atoms with van der Waals surface area (Å²) in [4.78, 5) is 36.8. The summed E-state index contributed by atoms with van der Waals surface area (Å²) in [7, 11) is 0. The van der Waals surface area contributed by atoms with Crippen molar-refractivity contribution in [3.63, 3.8) is 0 Å². The second-order valence-corrected chi connectivity index (χ2v) is 5.81. The number of cyclic esters (lactones) is 1. The minimum Gasteiger partial charge on any atom is -0.482 e. The van der Waals surface area contributed by atoms with Crippen LogP contribution in [0.5, 0.6) is 5.75 Å². The molecule has 0 radical (unpaired) electrons. The smallest absolute Gasteiger partial charge is 0.414 e. The van der Waals surface area contributed by atoms with Gasteiger partial charge in [0.15, 0.2) is 6.61 Å². The molecule has 2 aromatic rings. The Kier molecular flexibility index (Phi) is 3.92. The molecule has 0 unspecified atom stereocenters. The van der Waals surface area contributed by atoms with Gasteiger partial charge in [0, 0.05) is 16.9 Å². The minimum atomic E-state index is -0.372. The van der Waals surface area contributed by atoms with E-state index >= 15 is 0 Å². The predicted molar refractivity (Wildman–Crippen MR) is 93.7 cm³/mol. The van der Waals surface area contributed by atoms with Crippen LogP contribution in [0.2, 0.25) is 0 Å². The molecule has 0 aliphatic carbocycles. The lowest BCUT2D eigenvalue weighted by Crippen LogP contribution is -2.25. The van der Waals surface area contributed by atoms with Crippen LogP contribution < -0.4 is 20.3 Å². The highest BCUT2D eigenvalue weighted by Gasteiger charge is 2.23. The van der Waals surface area contributed by atoms with Crippen LogP contribution in [-0.2, 0) is 9.53 Å². The van der Waals surface area contributed by atoms with Crippen LogP contribution in [0.15, 0.2) is 42.5 Å². The number of rotatable bonds is 3. The molecule has 2 aromatic carbocycles. The summed E-state index contributed by atoms with van der Waals surface area (Å²) >= 11 is 0. The molecule has 132 valence electrons. The van der Waals surface area contributed by atoms with E-state index in [0.717, 1.165) is 0 Å². The van der Waals surface area contributed by atoms with Crippen molar-refractivity contribution in [3.05, 3.63) is 48.0 Å². The third kappa shape index (κ3) is 3.04. The lowest BCUT2D eigenvalue weighted by Gasteiger charge is -2.18. The number of benzene rings is 2. The van der Waals surface area contributed by atoms with Crippen molar-refractivity contribution in [2.45, 2.75) is 0 Å². The fourth-order valence-electron chi connectivity index (χ4n) is 2.77. The van der Waals surface area contributed by atoms with Crippen LogP contribution in [0.25, 0.3) is 0 Å². The van der Waals surface area contributed by atoms with E-state index < -0.39 is 0 Å². The number of anilines is 3. The van der Waals surface area contributed by atoms with Crippen molar-refractivity contribution in [1.29, 1.82) is 0 Å². The molecular weight excluding hydrogens is 338 g/mol. The fraction of sp³-hybridized carbons (Fsp3) is 0.167. The summed E-state index contributed by atoms with van der Waals surface area (Å²) in [6, 6.07) is 11.7. The van der Waals surface area contributed by atoms with E-state index in [9.17, 15) is 14.4 Å². The highest BCUT2D eigenvalue weighted by atomic mass is 16.6. The summed E-state index contributed by atoms with van der Waals surface area (Å²) in [6.07, 6.45) is -0.372. The van der Waals surface area contributed by atoms with E-state index in [1.807, 2.05) is 0 Å². The second-order valence-electron chi connectivity index (χ2n) is 5.81. The quantitative estimate of drug-likeness (QED) is 0.882. The lowest BCUT2D eigenvalue weighted by molar-refractivity contribution is -0.118. The Balaban J connectivity index is 1.46. The van der Waals surface area contributed by atoms with Crippen molar-refractivity contribution in [3.8, 4) is 5.75 Å². The first-order chi connectivity index (χ1) is 12.6. The average molecular weight is 353 g/mol. The number of hydrogen-bond acceptors (Lipinski definition) is 5. The molecule has 0 aromatic heterocycles. The summed E-state index contributed by atoms with van der Waals surface area (Å²) in [6.45, 7) is 0.812. The maximum Gasteiger partial charge on any atom is 0.414 e. The van der Waals surface area contributed by atoms with E-state index in [1.54, 1.807) is 42.5 Å². The normalized spacial score (nSPS) is 15.6. The van der Waals surface area contributed by atoms with Gasteiger partial charge in [-0.2, -0.15) is 0 Å². The Hall–Kier alpha value is -3.55. The van der Waals surface area contributed by atoms with Gasteiger partial charge in [0.2, 0.25) is 0 Å². The number of nitrogens with one attached hydrogen (secondary N) is 2. The Morgan fingerprint density at radius 1 is 1.08 bits per heavy atom. The molecule has 2 aliphatic heterocycles. The van der Waals surface area contributed by atoms with Crippen molar-refractivity contribution >= 4 is 35.0 Å². The van der Waals surface area contributed by atoms with Gasteiger partial charge >= 0.3 is 6.09 Å². The van der Waals surface area contributed by atoms with Crippen molar-refractivity contribution in [2.75, 3.05) is 35.3 Å². The van der Waals surface area contributed by atoms with Crippen LogP contribution in [0, 0.1) is 0 Å². The lowest BCUT2D eigenvalue weighted by atomic mass is 10.1. The molecule has 0 spiro atoms. The topological polar surface area (TPSA) is 97.0 Å². The number of carbonyl (C=O) groups excluding carboxylic acids is 3. The van der Waals surface area contributed by atoms with E-state index in [0.29, 0.717) is 41.5 Å². The first-order valence-corrected chi connectivity index (χ1v) is 8.02. The molecule has 0 bridgehead atoms. The molecule has 2 heterocycles. The molecule has 3 amide bonds. The summed E-state index contributed by atoms with van der Waals surface area (Å²) in [5.41, 5.74) is 2.26. The van der Waals surface area contributed by atoms with Crippen molar-refractivity contribution in [1.82, 2.24) is 0 Å². The monoisotopic (exact) mass is 353 g/mol. The van der Waals surface area contributed by atoms with Gasteiger partial charge in [-0.3, -0.25) is 14.5 Å². The molecule has 1 saturated heterocycles. The van der Waals surface area contributed by atoms with Crippen LogP contribution >= 0.6 is 0 Å². The molecular formula is C18H15N3O5. The Morgan fingerprint density at radius 2 is 1.88 bits per heavy atom. The Labute approximate surface area is 148 Å².